The van der Waals surface area contributed by atoms with Crippen LogP contribution in [0.4, 0.5) is 0 Å². The molecule has 0 aliphatic carbocycles. The predicted octanol–water partition coefficient (Wildman–Crippen LogP) is 4.14. The number of hydrogen-bond donors (Lipinski definition) is 1. The zero-order chi connectivity index (χ0) is 13.3. The highest BCUT2D eigenvalue weighted by atomic mass is 79.9. The number of aromatic nitrogens is 1. The van der Waals surface area contributed by atoms with Crippen molar-refractivity contribution in [2.75, 3.05) is 7.05 Å². The van der Waals surface area contributed by atoms with Crippen LogP contribution in [0.2, 0.25) is 0 Å². The van der Waals surface area contributed by atoms with E-state index in [1.54, 1.807) is 0 Å². The van der Waals surface area contributed by atoms with Crippen LogP contribution in [-0.4, -0.2) is 17.7 Å². The monoisotopic (exact) mass is 308 g/mol. The normalized spacial score (nSPS) is 13.4. The summed E-state index contributed by atoms with van der Waals surface area (Å²) in [6.45, 7) is 6.71. The molecule has 0 fully saturated rings. The summed E-state index contributed by atoms with van der Waals surface area (Å²) in [5.41, 5.74) is 2.73. The van der Waals surface area contributed by atoms with E-state index in [9.17, 15) is 0 Å². The van der Waals surface area contributed by atoms with Crippen molar-refractivity contribution in [1.29, 1.82) is 0 Å². The van der Waals surface area contributed by atoms with E-state index in [4.69, 9.17) is 0 Å². The van der Waals surface area contributed by atoms with Crippen molar-refractivity contribution in [2.45, 2.75) is 39.3 Å². The second kappa shape index (κ2) is 5.45. The molecule has 1 heterocycles. The predicted molar refractivity (Wildman–Crippen MR) is 82.2 cm³/mol. The number of likely N-dealkylation sites (N-methyl/N-ethyl adjacent to an activating group) is 1. The molecule has 0 saturated heterocycles. The molecule has 3 heteroatoms. The van der Waals surface area contributed by atoms with Crippen molar-refractivity contribution >= 4 is 26.8 Å². The third kappa shape index (κ3) is 2.62. The largest absolute Gasteiger partial charge is 0.342 e. The smallest absolute Gasteiger partial charge is 0.0485 e. The second-order valence-electron chi connectivity index (χ2n) is 5.20. The SMILES string of the molecule is CNC(C)Cc1cc2cc(Br)ccc2n1C(C)C. The highest BCUT2D eigenvalue weighted by molar-refractivity contribution is 9.10. The molecule has 0 radical (unpaired) electrons. The zero-order valence-corrected chi connectivity index (χ0v) is 13.1. The Morgan fingerprint density at radius 2 is 1.94 bits per heavy atom. The van der Waals surface area contributed by atoms with Gasteiger partial charge in [-0.2, -0.15) is 0 Å². The third-order valence-electron chi connectivity index (χ3n) is 3.41. The zero-order valence-electron chi connectivity index (χ0n) is 11.5. The Morgan fingerprint density at radius 1 is 1.22 bits per heavy atom. The van der Waals surface area contributed by atoms with E-state index < -0.39 is 0 Å². The Morgan fingerprint density at radius 3 is 2.56 bits per heavy atom. The maximum atomic E-state index is 3.55. The first-order valence-corrected chi connectivity index (χ1v) is 7.29. The number of nitrogens with one attached hydrogen (secondary N) is 1. The standard InChI is InChI=1S/C15H21BrN2/c1-10(2)18-14(7-11(3)17-4)9-12-8-13(16)5-6-15(12)18/h5-6,8-11,17H,7H2,1-4H3. The van der Waals surface area contributed by atoms with Gasteiger partial charge in [-0.25, -0.2) is 0 Å². The third-order valence-corrected chi connectivity index (χ3v) is 3.90. The quantitative estimate of drug-likeness (QED) is 0.898. The molecule has 0 aliphatic heterocycles. The summed E-state index contributed by atoms with van der Waals surface area (Å²) in [5.74, 6) is 0. The summed E-state index contributed by atoms with van der Waals surface area (Å²) < 4.78 is 3.58. The van der Waals surface area contributed by atoms with E-state index in [0.29, 0.717) is 12.1 Å². The Balaban J connectivity index is 2.54. The lowest BCUT2D eigenvalue weighted by Gasteiger charge is -2.17. The summed E-state index contributed by atoms with van der Waals surface area (Å²) in [6.07, 6.45) is 1.06. The molecule has 1 N–H and O–H groups in total. The molecule has 98 valence electrons. The van der Waals surface area contributed by atoms with E-state index in [1.165, 1.54) is 16.6 Å². The lowest BCUT2D eigenvalue weighted by molar-refractivity contribution is 0.545. The van der Waals surface area contributed by atoms with E-state index in [2.05, 4.69) is 70.9 Å². The van der Waals surface area contributed by atoms with Crippen LogP contribution in [0.3, 0.4) is 0 Å². The molecule has 2 aromatic rings. The number of halogens is 1. The number of fused-ring (bicyclic) bond motifs is 1. The van der Waals surface area contributed by atoms with E-state index >= 15 is 0 Å². The van der Waals surface area contributed by atoms with Gasteiger partial charge in [0.25, 0.3) is 0 Å². The highest BCUT2D eigenvalue weighted by Gasteiger charge is 2.13. The van der Waals surface area contributed by atoms with Gasteiger partial charge in [0.15, 0.2) is 0 Å². The van der Waals surface area contributed by atoms with Crippen LogP contribution < -0.4 is 5.32 Å². The average Bonchev–Trinajstić information content (AvgIpc) is 2.65. The molecule has 0 saturated carbocycles. The Bertz CT molecular complexity index is 543. The average molecular weight is 309 g/mol. The minimum atomic E-state index is 0.489. The molecular formula is C15H21BrN2. The van der Waals surface area contributed by atoms with Gasteiger partial charge in [-0.3, -0.25) is 0 Å². The van der Waals surface area contributed by atoms with Crippen LogP contribution in [0.25, 0.3) is 10.9 Å². The number of hydrogen-bond acceptors (Lipinski definition) is 1. The van der Waals surface area contributed by atoms with Crippen molar-refractivity contribution in [3.8, 4) is 0 Å². The topological polar surface area (TPSA) is 17.0 Å². The lowest BCUT2D eigenvalue weighted by Crippen LogP contribution is -2.25. The number of rotatable bonds is 4. The Labute approximate surface area is 118 Å². The van der Waals surface area contributed by atoms with E-state index in [-0.39, 0.29) is 0 Å². The fraction of sp³-hybridized carbons (Fsp3) is 0.467. The summed E-state index contributed by atoms with van der Waals surface area (Å²) in [5, 5.41) is 4.63. The number of benzene rings is 1. The minimum Gasteiger partial charge on any atom is -0.342 e. The van der Waals surface area contributed by atoms with E-state index in [1.807, 2.05) is 7.05 Å². The first-order chi connectivity index (χ1) is 8.52. The minimum absolute atomic E-state index is 0.489. The maximum Gasteiger partial charge on any atom is 0.0485 e. The van der Waals surface area contributed by atoms with Crippen LogP contribution in [0, 0.1) is 0 Å². The molecule has 1 aromatic heterocycles. The van der Waals surface area contributed by atoms with Crippen LogP contribution in [0.5, 0.6) is 0 Å². The van der Waals surface area contributed by atoms with Crippen molar-refractivity contribution in [3.05, 3.63) is 34.4 Å². The lowest BCUT2D eigenvalue weighted by atomic mass is 10.1. The molecule has 1 aromatic carbocycles. The van der Waals surface area contributed by atoms with Crippen LogP contribution in [0.1, 0.15) is 32.5 Å². The van der Waals surface area contributed by atoms with Gasteiger partial charge in [-0.1, -0.05) is 15.9 Å². The van der Waals surface area contributed by atoms with Gasteiger partial charge in [0.1, 0.15) is 0 Å². The van der Waals surface area contributed by atoms with Crippen LogP contribution in [-0.2, 0) is 6.42 Å². The molecule has 1 atom stereocenters. The summed E-state index contributed by atoms with van der Waals surface area (Å²) in [4.78, 5) is 0. The molecular weight excluding hydrogens is 288 g/mol. The molecule has 2 nitrogen and oxygen atoms in total. The van der Waals surface area contributed by atoms with Gasteiger partial charge in [-0.05, 0) is 52.1 Å². The molecule has 18 heavy (non-hydrogen) atoms. The molecule has 0 aliphatic rings. The maximum absolute atomic E-state index is 3.55. The van der Waals surface area contributed by atoms with Crippen LogP contribution >= 0.6 is 15.9 Å². The van der Waals surface area contributed by atoms with Gasteiger partial charge < -0.3 is 9.88 Å². The fourth-order valence-electron chi connectivity index (χ4n) is 2.45. The van der Waals surface area contributed by atoms with Crippen molar-refractivity contribution < 1.29 is 0 Å². The first-order valence-electron chi connectivity index (χ1n) is 6.49. The van der Waals surface area contributed by atoms with Crippen molar-refractivity contribution in [2.24, 2.45) is 0 Å². The molecule has 0 spiro atoms. The summed E-state index contributed by atoms with van der Waals surface area (Å²) >= 11 is 3.55. The van der Waals surface area contributed by atoms with Gasteiger partial charge in [0.2, 0.25) is 0 Å². The molecule has 0 amide bonds. The van der Waals surface area contributed by atoms with E-state index in [0.717, 1.165) is 10.9 Å². The van der Waals surface area contributed by atoms with Crippen molar-refractivity contribution in [1.82, 2.24) is 9.88 Å². The second-order valence-corrected chi connectivity index (χ2v) is 6.11. The van der Waals surface area contributed by atoms with Gasteiger partial charge >= 0.3 is 0 Å². The van der Waals surface area contributed by atoms with Crippen molar-refractivity contribution in [3.63, 3.8) is 0 Å². The molecule has 1 unspecified atom stereocenters. The Hall–Kier alpha value is -0.800. The van der Waals surface area contributed by atoms with Gasteiger partial charge in [0.05, 0.1) is 0 Å². The van der Waals surface area contributed by atoms with Crippen LogP contribution in [0.15, 0.2) is 28.7 Å². The molecule has 2 rings (SSSR count). The van der Waals surface area contributed by atoms with Gasteiger partial charge in [-0.15, -0.1) is 0 Å². The van der Waals surface area contributed by atoms with Gasteiger partial charge in [0, 0.05) is 39.6 Å². The Kier molecular flexibility index (Phi) is 4.13. The summed E-state index contributed by atoms with van der Waals surface area (Å²) in [6, 6.07) is 9.81. The fourth-order valence-corrected chi connectivity index (χ4v) is 2.83. The highest BCUT2D eigenvalue weighted by Crippen LogP contribution is 2.27. The number of nitrogens with zero attached hydrogens (tertiary/aromatic N) is 1. The molecule has 0 bridgehead atoms. The first kappa shape index (κ1) is 13.6. The summed E-state index contributed by atoms with van der Waals surface area (Å²) in [7, 11) is 2.02.